The summed E-state index contributed by atoms with van der Waals surface area (Å²) < 4.78 is 6.83. The average Bonchev–Trinajstić information content (AvgIpc) is 3.18. The number of aromatic nitrogens is 2. The molecule has 0 saturated carbocycles. The predicted octanol–water partition coefficient (Wildman–Crippen LogP) is 2.13. The number of anilines is 1. The molecular formula is C19H28ClN5O2. The molecule has 1 amide bonds. The number of nitrogens with two attached hydrogens (primary N) is 1. The second kappa shape index (κ2) is 9.39. The van der Waals surface area contributed by atoms with Crippen LogP contribution in [0.3, 0.4) is 0 Å². The number of fused-ring (bicyclic) bond motifs is 1. The number of hydrogen-bond donors (Lipinski definition) is 2. The molecule has 0 unspecified atom stereocenters. The van der Waals surface area contributed by atoms with Crippen LogP contribution in [0.2, 0.25) is 0 Å². The molecule has 27 heavy (non-hydrogen) atoms. The molecule has 3 rings (SSSR count). The van der Waals surface area contributed by atoms with Gasteiger partial charge in [-0.3, -0.25) is 9.20 Å². The number of rotatable bonds is 8. The summed E-state index contributed by atoms with van der Waals surface area (Å²) in [7, 11) is 1.74. The van der Waals surface area contributed by atoms with Crippen LogP contribution in [-0.2, 0) is 10.6 Å². The number of hydrogen-bond acceptors (Lipinski definition) is 5. The Hall–Kier alpha value is -1.83. The fourth-order valence-corrected chi connectivity index (χ4v) is 3.83. The summed E-state index contributed by atoms with van der Waals surface area (Å²) in [6, 6.07) is 1.75. The van der Waals surface area contributed by atoms with E-state index < -0.39 is 0 Å². The normalized spacial score (nSPS) is 16.1. The van der Waals surface area contributed by atoms with Crippen molar-refractivity contribution in [1.29, 1.82) is 0 Å². The number of nitrogen functional groups attached to an aromatic ring is 1. The first-order valence-electron chi connectivity index (χ1n) is 9.44. The summed E-state index contributed by atoms with van der Waals surface area (Å²) in [5.74, 6) is 1.15. The molecule has 2 aromatic heterocycles. The van der Waals surface area contributed by atoms with Crippen molar-refractivity contribution in [2.45, 2.75) is 25.1 Å². The van der Waals surface area contributed by atoms with Crippen LogP contribution in [0.15, 0.2) is 18.5 Å². The second-order valence-electron chi connectivity index (χ2n) is 7.06. The van der Waals surface area contributed by atoms with Gasteiger partial charge < -0.3 is 20.7 Å². The van der Waals surface area contributed by atoms with Crippen molar-refractivity contribution >= 4 is 29.0 Å². The van der Waals surface area contributed by atoms with Crippen LogP contribution in [0.1, 0.15) is 35.2 Å². The smallest absolute Gasteiger partial charge is 0.255 e. The molecule has 0 bridgehead atoms. The third-order valence-electron chi connectivity index (χ3n) is 5.26. The number of carbonyl (C=O) groups is 1. The first-order valence-corrected chi connectivity index (χ1v) is 9.97. The number of halogens is 1. The minimum absolute atomic E-state index is 0.125. The molecule has 3 N–H and O–H groups in total. The van der Waals surface area contributed by atoms with E-state index >= 15 is 0 Å². The van der Waals surface area contributed by atoms with Crippen molar-refractivity contribution in [2.75, 3.05) is 45.6 Å². The summed E-state index contributed by atoms with van der Waals surface area (Å²) >= 11 is 5.98. The van der Waals surface area contributed by atoms with Crippen LogP contribution in [0.4, 0.5) is 5.82 Å². The summed E-state index contributed by atoms with van der Waals surface area (Å²) in [5.41, 5.74) is 7.90. The number of alkyl halides is 1. The van der Waals surface area contributed by atoms with Crippen molar-refractivity contribution in [1.82, 2.24) is 19.6 Å². The van der Waals surface area contributed by atoms with Gasteiger partial charge in [0.25, 0.3) is 5.91 Å². The third-order valence-corrected chi connectivity index (χ3v) is 5.55. The van der Waals surface area contributed by atoms with E-state index in [1.54, 1.807) is 30.0 Å². The van der Waals surface area contributed by atoms with Gasteiger partial charge in [0, 0.05) is 44.8 Å². The Morgan fingerprint density at radius 1 is 1.44 bits per heavy atom. The Labute approximate surface area is 164 Å². The van der Waals surface area contributed by atoms with E-state index in [1.165, 1.54) is 0 Å². The highest BCUT2D eigenvalue weighted by Crippen LogP contribution is 2.22. The van der Waals surface area contributed by atoms with Gasteiger partial charge >= 0.3 is 0 Å². The molecule has 7 nitrogen and oxygen atoms in total. The highest BCUT2D eigenvalue weighted by atomic mass is 35.5. The van der Waals surface area contributed by atoms with Gasteiger partial charge in [-0.1, -0.05) is 0 Å². The minimum atomic E-state index is -0.125. The summed E-state index contributed by atoms with van der Waals surface area (Å²) in [6.07, 6.45) is 6.65. The van der Waals surface area contributed by atoms with Crippen molar-refractivity contribution < 1.29 is 9.53 Å². The van der Waals surface area contributed by atoms with Crippen LogP contribution >= 0.6 is 11.6 Å². The number of likely N-dealkylation sites (tertiary alicyclic amines) is 1. The quantitative estimate of drug-likeness (QED) is 0.530. The number of methoxy groups -OCH3 is 1. The van der Waals surface area contributed by atoms with Gasteiger partial charge in [0.15, 0.2) is 5.65 Å². The lowest BCUT2D eigenvalue weighted by atomic mass is 9.96. The number of imidazole rings is 1. The molecule has 0 aromatic carbocycles. The van der Waals surface area contributed by atoms with Crippen LogP contribution in [0.5, 0.6) is 0 Å². The van der Waals surface area contributed by atoms with Crippen LogP contribution in [0.25, 0.3) is 5.65 Å². The lowest BCUT2D eigenvalue weighted by molar-refractivity contribution is 0.0934. The Morgan fingerprint density at radius 2 is 2.22 bits per heavy atom. The maximum absolute atomic E-state index is 12.7. The van der Waals surface area contributed by atoms with Crippen molar-refractivity contribution in [2.24, 2.45) is 5.92 Å². The Kier molecular flexibility index (Phi) is 6.93. The van der Waals surface area contributed by atoms with E-state index in [9.17, 15) is 4.79 Å². The molecule has 0 spiro atoms. The molecule has 8 heteroatoms. The van der Waals surface area contributed by atoms with E-state index in [1.807, 2.05) is 0 Å². The largest absolute Gasteiger partial charge is 0.385 e. The van der Waals surface area contributed by atoms with Gasteiger partial charge in [-0.05, 0) is 44.3 Å². The fourth-order valence-electron chi connectivity index (χ4n) is 3.62. The minimum Gasteiger partial charge on any atom is -0.385 e. The maximum Gasteiger partial charge on any atom is 0.255 e. The van der Waals surface area contributed by atoms with E-state index in [-0.39, 0.29) is 11.8 Å². The number of nitrogens with zero attached hydrogens (tertiary/aromatic N) is 3. The molecule has 3 heterocycles. The zero-order valence-corrected chi connectivity index (χ0v) is 16.5. The lowest BCUT2D eigenvalue weighted by Crippen LogP contribution is -2.39. The maximum atomic E-state index is 12.7. The number of nitrogens with one attached hydrogen (secondary N) is 1. The number of piperidine rings is 1. The van der Waals surface area contributed by atoms with Gasteiger partial charge in [0.05, 0.1) is 11.4 Å². The number of amides is 1. The van der Waals surface area contributed by atoms with E-state index in [0.717, 1.165) is 51.1 Å². The third kappa shape index (κ3) is 4.72. The van der Waals surface area contributed by atoms with Crippen molar-refractivity contribution in [3.63, 3.8) is 0 Å². The van der Waals surface area contributed by atoms with Crippen LogP contribution < -0.4 is 11.1 Å². The topological polar surface area (TPSA) is 84.9 Å². The summed E-state index contributed by atoms with van der Waals surface area (Å²) in [6.45, 7) is 4.72. The molecule has 1 saturated heterocycles. The van der Waals surface area contributed by atoms with Crippen molar-refractivity contribution in [3.8, 4) is 0 Å². The SMILES string of the molecule is COCCCN1CCC(CNC(=O)c2cc(CCl)c(N)n3ccnc23)CC1. The Balaban J connectivity index is 1.55. The Morgan fingerprint density at radius 3 is 2.93 bits per heavy atom. The van der Waals surface area contributed by atoms with Gasteiger partial charge in [0.1, 0.15) is 5.82 Å². The number of pyridine rings is 1. The van der Waals surface area contributed by atoms with Crippen molar-refractivity contribution in [3.05, 3.63) is 29.6 Å². The molecule has 2 aromatic rings. The van der Waals surface area contributed by atoms with E-state index in [4.69, 9.17) is 22.1 Å². The zero-order chi connectivity index (χ0) is 19.2. The van der Waals surface area contributed by atoms with Crippen LogP contribution in [-0.4, -0.2) is 60.1 Å². The molecule has 148 valence electrons. The van der Waals surface area contributed by atoms with Crippen LogP contribution in [0, 0.1) is 5.92 Å². The highest BCUT2D eigenvalue weighted by molar-refractivity contribution is 6.17. The monoisotopic (exact) mass is 393 g/mol. The fraction of sp³-hybridized carbons (Fsp3) is 0.579. The zero-order valence-electron chi connectivity index (χ0n) is 15.8. The average molecular weight is 394 g/mol. The van der Waals surface area contributed by atoms with E-state index in [0.29, 0.717) is 29.5 Å². The molecule has 1 aliphatic rings. The second-order valence-corrected chi connectivity index (χ2v) is 7.33. The van der Waals surface area contributed by atoms with Gasteiger partial charge in [-0.15, -0.1) is 11.6 Å². The predicted molar refractivity (Wildman–Crippen MR) is 107 cm³/mol. The van der Waals surface area contributed by atoms with Gasteiger partial charge in [0.2, 0.25) is 0 Å². The summed E-state index contributed by atoms with van der Waals surface area (Å²) in [4.78, 5) is 19.5. The molecule has 1 fully saturated rings. The first-order chi connectivity index (χ1) is 13.1. The number of ether oxygens (including phenoxy) is 1. The standard InChI is InChI=1S/C19H28ClN5O2/c1-27-10-2-6-24-7-3-14(4-8-24)13-23-19(26)16-11-15(12-20)17(21)25-9-5-22-18(16)25/h5,9,11,14H,2-4,6-8,10,12-13,21H2,1H3,(H,23,26). The Bertz CT molecular complexity index is 771. The first kappa shape index (κ1) is 19.9. The molecule has 0 atom stereocenters. The molecule has 1 aliphatic heterocycles. The number of carbonyl (C=O) groups excluding carboxylic acids is 1. The molecular weight excluding hydrogens is 366 g/mol. The van der Waals surface area contributed by atoms with Gasteiger partial charge in [-0.2, -0.15) is 0 Å². The highest BCUT2D eigenvalue weighted by Gasteiger charge is 2.21. The van der Waals surface area contributed by atoms with E-state index in [2.05, 4.69) is 15.2 Å². The molecule has 0 aliphatic carbocycles. The van der Waals surface area contributed by atoms with Gasteiger partial charge in [-0.25, -0.2) is 4.98 Å². The summed E-state index contributed by atoms with van der Waals surface area (Å²) in [5, 5.41) is 3.07. The molecule has 0 radical (unpaired) electrons. The lowest BCUT2D eigenvalue weighted by Gasteiger charge is -2.32.